The summed E-state index contributed by atoms with van der Waals surface area (Å²) in [4.78, 5) is 14.1. The van der Waals surface area contributed by atoms with Crippen LogP contribution in [0, 0.1) is 11.3 Å². The predicted octanol–water partition coefficient (Wildman–Crippen LogP) is -1.02. The largest absolute Gasteiger partial charge is 0.394 e. The molecule has 5 N–H and O–H groups in total. The highest BCUT2D eigenvalue weighted by molar-refractivity contribution is 6.24. The number of alkyl halides is 2. The third kappa shape index (κ3) is 1.88. The molecule has 1 saturated heterocycles. The first kappa shape index (κ1) is 15.7. The summed E-state index contributed by atoms with van der Waals surface area (Å²) in [5.41, 5.74) is 2.08. The average molecular weight is 344 g/mol. The summed E-state index contributed by atoms with van der Waals surface area (Å²) >= 11 is 5.75. The summed E-state index contributed by atoms with van der Waals surface area (Å²) in [6, 6.07) is 4.07. The molecule has 11 heteroatoms. The van der Waals surface area contributed by atoms with Crippen LogP contribution in [-0.2, 0) is 10.3 Å². The van der Waals surface area contributed by atoms with Crippen LogP contribution in [-0.4, -0.2) is 48.8 Å². The molecule has 0 radical (unpaired) electrons. The Labute approximate surface area is 132 Å². The Bertz CT molecular complexity index is 874. The molecule has 4 atom stereocenters. The monoisotopic (exact) mass is 343 g/mol. The van der Waals surface area contributed by atoms with Crippen LogP contribution in [0.2, 0.25) is 0 Å². The number of halogens is 2. The number of nitrogens with two attached hydrogens (primary N) is 1. The maximum atomic E-state index is 15.0. The first-order valence-corrected chi connectivity index (χ1v) is 6.80. The number of rotatable bonds is 2. The molecule has 0 bridgehead atoms. The number of aliphatic hydroxyl groups is 2. The van der Waals surface area contributed by atoms with E-state index < -0.39 is 35.1 Å². The minimum atomic E-state index is -3.08. The van der Waals surface area contributed by atoms with Crippen LogP contribution in [0.25, 0.3) is 5.52 Å². The molecular weight excluding hydrogens is 333 g/mol. The number of nitriles is 1. The summed E-state index contributed by atoms with van der Waals surface area (Å²) in [7, 11) is 0. The lowest BCUT2D eigenvalue weighted by Gasteiger charge is -2.28. The van der Waals surface area contributed by atoms with Crippen molar-refractivity contribution in [3.05, 3.63) is 28.2 Å². The van der Waals surface area contributed by atoms with Crippen molar-refractivity contribution in [1.82, 2.24) is 14.6 Å². The zero-order chi connectivity index (χ0) is 17.0. The molecule has 1 unspecified atom stereocenters. The van der Waals surface area contributed by atoms with Gasteiger partial charge in [0.05, 0.1) is 12.3 Å². The quantitative estimate of drug-likeness (QED) is 0.510. The van der Waals surface area contributed by atoms with Crippen LogP contribution in [0.1, 0.15) is 5.69 Å². The van der Waals surface area contributed by atoms with E-state index in [1.54, 1.807) is 6.07 Å². The maximum Gasteiger partial charge on any atom is 0.276 e. The second-order valence-electron chi connectivity index (χ2n) is 5.05. The lowest BCUT2D eigenvalue weighted by atomic mass is 9.93. The third-order valence-corrected chi connectivity index (χ3v) is 4.25. The summed E-state index contributed by atoms with van der Waals surface area (Å²) in [5, 5.41) is 29.3. The van der Waals surface area contributed by atoms with Gasteiger partial charge in [0, 0.05) is 0 Å². The fourth-order valence-electron chi connectivity index (χ4n) is 2.63. The van der Waals surface area contributed by atoms with Gasteiger partial charge >= 0.3 is 0 Å². The highest BCUT2D eigenvalue weighted by atomic mass is 35.5. The summed E-state index contributed by atoms with van der Waals surface area (Å²) in [5.74, 6) is -0.274. The number of aliphatic hydroxyl groups excluding tert-OH is 2. The number of H-pyrrole nitrogens is 1. The van der Waals surface area contributed by atoms with Gasteiger partial charge in [-0.2, -0.15) is 5.26 Å². The average Bonchev–Trinajstić information content (AvgIpc) is 2.99. The molecule has 9 nitrogen and oxygen atoms in total. The van der Waals surface area contributed by atoms with Crippen molar-refractivity contribution < 1.29 is 19.3 Å². The van der Waals surface area contributed by atoms with Crippen molar-refractivity contribution in [3.8, 4) is 6.07 Å². The van der Waals surface area contributed by atoms with Gasteiger partial charge in [-0.25, -0.2) is 8.91 Å². The molecule has 2 aromatic rings. The van der Waals surface area contributed by atoms with Crippen LogP contribution in [0.15, 0.2) is 16.9 Å². The second-order valence-corrected chi connectivity index (χ2v) is 5.60. The smallest absolute Gasteiger partial charge is 0.276 e. The number of nitrogen functional groups attached to an aromatic ring is 1. The second kappa shape index (κ2) is 4.90. The molecule has 0 saturated carbocycles. The Hall–Kier alpha value is -2.19. The van der Waals surface area contributed by atoms with Crippen LogP contribution in [0.3, 0.4) is 0 Å². The predicted molar refractivity (Wildman–Crippen MR) is 75.2 cm³/mol. The number of ether oxygens (including phenoxy) is 1. The van der Waals surface area contributed by atoms with E-state index in [1.807, 2.05) is 0 Å². The lowest BCUT2D eigenvalue weighted by Crippen LogP contribution is -2.46. The molecule has 122 valence electrons. The van der Waals surface area contributed by atoms with Gasteiger partial charge in [-0.15, -0.1) is 5.10 Å². The van der Waals surface area contributed by atoms with Crippen molar-refractivity contribution in [1.29, 1.82) is 5.26 Å². The van der Waals surface area contributed by atoms with Gasteiger partial charge in [-0.3, -0.25) is 9.78 Å². The normalized spacial score (nSPS) is 33.9. The van der Waals surface area contributed by atoms with Crippen molar-refractivity contribution in [3.63, 3.8) is 0 Å². The Kier molecular flexibility index (Phi) is 3.35. The number of aromatic nitrogens is 3. The number of nitrogens with one attached hydrogen (secondary N) is 1. The van der Waals surface area contributed by atoms with Crippen molar-refractivity contribution in [2.45, 2.75) is 22.9 Å². The van der Waals surface area contributed by atoms with Gasteiger partial charge in [0.25, 0.3) is 10.7 Å². The van der Waals surface area contributed by atoms with Gasteiger partial charge in [0.1, 0.15) is 23.8 Å². The molecule has 0 aromatic carbocycles. The van der Waals surface area contributed by atoms with Crippen LogP contribution >= 0.6 is 11.6 Å². The van der Waals surface area contributed by atoms with Gasteiger partial charge in [0.2, 0.25) is 11.5 Å². The molecule has 23 heavy (non-hydrogen) atoms. The van der Waals surface area contributed by atoms with E-state index in [-0.39, 0.29) is 17.2 Å². The standard InChI is InChI=1S/C12H11ClFN5O4/c13-12(14)8(21)6(3-20)23-11(12,4-15)7-2-1-5-9(22)17-10(16)18-19(5)7/h1-2,6,8,20-21H,3H2,(H3,16,17,18,22)/t6-,8?,11+,12-/m1/s1. The van der Waals surface area contributed by atoms with E-state index >= 15 is 0 Å². The Morgan fingerprint density at radius 3 is 2.91 bits per heavy atom. The highest BCUT2D eigenvalue weighted by Gasteiger charge is 2.69. The zero-order valence-electron chi connectivity index (χ0n) is 11.4. The highest BCUT2D eigenvalue weighted by Crippen LogP contribution is 2.51. The minimum Gasteiger partial charge on any atom is -0.394 e. The van der Waals surface area contributed by atoms with Gasteiger partial charge in [-0.1, -0.05) is 11.6 Å². The number of hydrogen-bond donors (Lipinski definition) is 4. The first-order chi connectivity index (χ1) is 10.8. The number of anilines is 1. The summed E-state index contributed by atoms with van der Waals surface area (Å²) < 4.78 is 21.1. The van der Waals surface area contributed by atoms with E-state index in [0.29, 0.717) is 0 Å². The fourth-order valence-corrected chi connectivity index (χ4v) is 2.95. The van der Waals surface area contributed by atoms with Crippen molar-refractivity contribution >= 4 is 23.1 Å². The van der Waals surface area contributed by atoms with Crippen LogP contribution < -0.4 is 11.3 Å². The number of hydrogen-bond acceptors (Lipinski definition) is 7. The molecule has 1 aliphatic heterocycles. The van der Waals surface area contributed by atoms with Gasteiger partial charge in [0.15, 0.2) is 0 Å². The number of nitrogens with zero attached hydrogens (tertiary/aromatic N) is 3. The van der Waals surface area contributed by atoms with E-state index in [4.69, 9.17) is 22.1 Å². The molecule has 2 aromatic heterocycles. The maximum absolute atomic E-state index is 15.0. The molecule has 1 fully saturated rings. The zero-order valence-corrected chi connectivity index (χ0v) is 12.2. The van der Waals surface area contributed by atoms with E-state index in [0.717, 1.165) is 4.52 Å². The van der Waals surface area contributed by atoms with E-state index in [1.165, 1.54) is 12.1 Å². The van der Waals surface area contributed by atoms with E-state index in [2.05, 4.69) is 10.1 Å². The minimum absolute atomic E-state index is 0.0261. The van der Waals surface area contributed by atoms with Crippen molar-refractivity contribution in [2.75, 3.05) is 12.3 Å². The number of fused-ring (bicyclic) bond motifs is 1. The topological polar surface area (TPSA) is 150 Å². The molecule has 0 spiro atoms. The Morgan fingerprint density at radius 1 is 1.65 bits per heavy atom. The Morgan fingerprint density at radius 2 is 2.35 bits per heavy atom. The molecule has 0 aliphatic carbocycles. The Balaban J connectivity index is 2.32. The molecular formula is C12H11ClFN5O4. The summed E-state index contributed by atoms with van der Waals surface area (Å²) in [6.07, 6.45) is -3.40. The SMILES string of the molecule is N#C[C@@]1(c2ccc3c(=O)[nH]c(N)nn23)O[C@H](CO)C(O)[C@]1(F)Cl. The third-order valence-electron chi connectivity index (χ3n) is 3.76. The summed E-state index contributed by atoms with van der Waals surface area (Å²) in [6.45, 7) is -0.761. The lowest BCUT2D eigenvalue weighted by molar-refractivity contribution is -0.0602. The van der Waals surface area contributed by atoms with Crippen LogP contribution in [0.4, 0.5) is 10.3 Å². The first-order valence-electron chi connectivity index (χ1n) is 6.42. The molecule has 3 rings (SSSR count). The molecule has 1 aliphatic rings. The van der Waals surface area contributed by atoms with Gasteiger partial charge in [-0.05, 0) is 12.1 Å². The molecule has 0 amide bonds. The number of aromatic amines is 1. The van der Waals surface area contributed by atoms with Crippen molar-refractivity contribution in [2.24, 2.45) is 0 Å². The van der Waals surface area contributed by atoms with Gasteiger partial charge < -0.3 is 20.7 Å². The fraction of sp³-hybridized carbons (Fsp3) is 0.417. The molecule has 3 heterocycles. The van der Waals surface area contributed by atoms with E-state index in [9.17, 15) is 24.7 Å². The van der Waals surface area contributed by atoms with Crippen LogP contribution in [0.5, 0.6) is 0 Å².